The van der Waals surface area contributed by atoms with E-state index in [1.165, 1.54) is 0 Å². The Morgan fingerprint density at radius 3 is 2.29 bits per heavy atom. The van der Waals surface area contributed by atoms with E-state index >= 15 is 0 Å². The van der Waals surface area contributed by atoms with Crippen molar-refractivity contribution in [2.45, 2.75) is 33.1 Å². The number of hydrogen-bond acceptors (Lipinski definition) is 2. The molecule has 1 rings (SSSR count). The van der Waals surface area contributed by atoms with Gasteiger partial charge in [-0.2, -0.15) is 0 Å². The summed E-state index contributed by atoms with van der Waals surface area (Å²) in [6.07, 6.45) is 2.45. The highest BCUT2D eigenvalue weighted by Crippen LogP contribution is 2.29. The molecular weight excluding hydrogens is 257 g/mol. The lowest BCUT2D eigenvalue weighted by Gasteiger charge is -2.07. The van der Waals surface area contributed by atoms with Crippen LogP contribution in [0.1, 0.15) is 43.5 Å². The van der Waals surface area contributed by atoms with Crippen LogP contribution in [0.15, 0.2) is 12.1 Å². The van der Waals surface area contributed by atoms with Crippen LogP contribution in [0.3, 0.4) is 0 Å². The number of nitrogens with two attached hydrogens (primary N) is 1. The molecule has 0 fully saturated rings. The van der Waals surface area contributed by atoms with Crippen LogP contribution in [0, 0.1) is 5.92 Å². The highest BCUT2D eigenvalue weighted by molar-refractivity contribution is 6.39. The van der Waals surface area contributed by atoms with E-state index in [2.05, 4.69) is 13.8 Å². The third-order valence-electron chi connectivity index (χ3n) is 2.59. The predicted octanol–water partition coefficient (Wildman–Crippen LogP) is 4.58. The zero-order valence-corrected chi connectivity index (χ0v) is 11.6. The third kappa shape index (κ3) is 4.21. The van der Waals surface area contributed by atoms with Crippen LogP contribution in [0.2, 0.25) is 10.0 Å². The zero-order chi connectivity index (χ0) is 13.0. The fraction of sp³-hybridized carbons (Fsp3) is 0.462. The lowest BCUT2D eigenvalue weighted by Crippen LogP contribution is -2.01. The van der Waals surface area contributed by atoms with Crippen molar-refractivity contribution in [2.75, 3.05) is 5.73 Å². The van der Waals surface area contributed by atoms with Gasteiger partial charge in [0.1, 0.15) is 0 Å². The summed E-state index contributed by atoms with van der Waals surface area (Å²) in [7, 11) is 0. The van der Waals surface area contributed by atoms with Crippen molar-refractivity contribution >= 4 is 34.7 Å². The highest BCUT2D eigenvalue weighted by atomic mass is 35.5. The Balaban J connectivity index is 2.70. The second kappa shape index (κ2) is 6.27. The van der Waals surface area contributed by atoms with Crippen molar-refractivity contribution < 1.29 is 4.79 Å². The maximum Gasteiger partial charge on any atom is 0.162 e. The maximum atomic E-state index is 11.9. The summed E-state index contributed by atoms with van der Waals surface area (Å²) in [5, 5.41) is 0.675. The van der Waals surface area contributed by atoms with E-state index in [0.29, 0.717) is 33.6 Å². The Kier molecular flexibility index (Phi) is 5.29. The summed E-state index contributed by atoms with van der Waals surface area (Å²) in [5.41, 5.74) is 6.48. The highest BCUT2D eigenvalue weighted by Gasteiger charge is 2.11. The molecule has 2 nitrogen and oxygen atoms in total. The van der Waals surface area contributed by atoms with Crippen molar-refractivity contribution in [1.82, 2.24) is 0 Å². The van der Waals surface area contributed by atoms with E-state index < -0.39 is 0 Å². The van der Waals surface area contributed by atoms with Gasteiger partial charge in [0.05, 0.1) is 15.7 Å². The Labute approximate surface area is 112 Å². The van der Waals surface area contributed by atoms with Crippen LogP contribution >= 0.6 is 23.2 Å². The first kappa shape index (κ1) is 14.3. The number of anilines is 1. The molecular formula is C13H17Cl2NO. The molecule has 0 saturated heterocycles. The molecule has 0 unspecified atom stereocenters. The SMILES string of the molecule is CC(C)CCCC(=O)c1cc(Cl)c(N)c(Cl)c1. The fourth-order valence-corrected chi connectivity index (χ4v) is 2.05. The van der Waals surface area contributed by atoms with Gasteiger partial charge in [0.15, 0.2) is 5.78 Å². The van der Waals surface area contributed by atoms with Gasteiger partial charge >= 0.3 is 0 Å². The van der Waals surface area contributed by atoms with Crippen LogP contribution in [-0.2, 0) is 0 Å². The molecule has 0 aliphatic rings. The van der Waals surface area contributed by atoms with E-state index in [0.717, 1.165) is 12.8 Å². The van der Waals surface area contributed by atoms with Gasteiger partial charge in [0, 0.05) is 12.0 Å². The molecule has 0 spiro atoms. The van der Waals surface area contributed by atoms with Gasteiger partial charge in [0.25, 0.3) is 0 Å². The number of halogens is 2. The number of ketones is 1. The van der Waals surface area contributed by atoms with Crippen LogP contribution in [0.25, 0.3) is 0 Å². The van der Waals surface area contributed by atoms with E-state index in [4.69, 9.17) is 28.9 Å². The smallest absolute Gasteiger partial charge is 0.162 e. The molecule has 1 aromatic carbocycles. The average molecular weight is 274 g/mol. The lowest BCUT2D eigenvalue weighted by molar-refractivity contribution is 0.0978. The predicted molar refractivity (Wildman–Crippen MR) is 73.9 cm³/mol. The van der Waals surface area contributed by atoms with Crippen molar-refractivity contribution in [2.24, 2.45) is 5.92 Å². The van der Waals surface area contributed by atoms with E-state index in [1.54, 1.807) is 12.1 Å². The number of hydrogen-bond donors (Lipinski definition) is 1. The zero-order valence-electron chi connectivity index (χ0n) is 10.1. The lowest BCUT2D eigenvalue weighted by atomic mass is 10.0. The number of benzene rings is 1. The first-order valence-corrected chi connectivity index (χ1v) is 6.45. The van der Waals surface area contributed by atoms with Gasteiger partial charge in [-0.05, 0) is 24.5 Å². The molecule has 94 valence electrons. The van der Waals surface area contributed by atoms with Crippen LogP contribution in [0.5, 0.6) is 0 Å². The molecule has 0 aromatic heterocycles. The minimum atomic E-state index is 0.0643. The Morgan fingerprint density at radius 1 is 1.29 bits per heavy atom. The minimum absolute atomic E-state index is 0.0643. The third-order valence-corrected chi connectivity index (χ3v) is 3.21. The number of nitrogen functional groups attached to an aromatic ring is 1. The van der Waals surface area contributed by atoms with E-state index in [1.807, 2.05) is 0 Å². The first-order valence-electron chi connectivity index (χ1n) is 5.69. The number of carbonyl (C=O) groups is 1. The molecule has 0 aliphatic carbocycles. The quantitative estimate of drug-likeness (QED) is 0.630. The Morgan fingerprint density at radius 2 is 1.82 bits per heavy atom. The van der Waals surface area contributed by atoms with Crippen LogP contribution in [-0.4, -0.2) is 5.78 Å². The average Bonchev–Trinajstić information content (AvgIpc) is 2.24. The largest absolute Gasteiger partial charge is 0.396 e. The Bertz CT molecular complexity index is 393. The summed E-state index contributed by atoms with van der Waals surface area (Å²) < 4.78 is 0. The molecule has 4 heteroatoms. The number of rotatable bonds is 5. The Hall–Kier alpha value is -0.730. The van der Waals surface area contributed by atoms with Crippen molar-refractivity contribution in [3.05, 3.63) is 27.7 Å². The maximum absolute atomic E-state index is 11.9. The molecule has 0 bridgehead atoms. The van der Waals surface area contributed by atoms with Gasteiger partial charge in [-0.3, -0.25) is 4.79 Å². The molecule has 0 aliphatic heterocycles. The molecule has 0 atom stereocenters. The van der Waals surface area contributed by atoms with Crippen LogP contribution < -0.4 is 5.73 Å². The normalized spacial score (nSPS) is 10.9. The molecule has 0 radical (unpaired) electrons. The van der Waals surface area contributed by atoms with Crippen LogP contribution in [0.4, 0.5) is 5.69 Å². The summed E-state index contributed by atoms with van der Waals surface area (Å²) in [6, 6.07) is 3.17. The topological polar surface area (TPSA) is 43.1 Å². The van der Waals surface area contributed by atoms with Gasteiger partial charge in [0.2, 0.25) is 0 Å². The minimum Gasteiger partial charge on any atom is -0.396 e. The van der Waals surface area contributed by atoms with Gasteiger partial charge < -0.3 is 5.73 Å². The van der Waals surface area contributed by atoms with E-state index in [9.17, 15) is 4.79 Å². The fourth-order valence-electron chi connectivity index (χ4n) is 1.56. The summed E-state index contributed by atoms with van der Waals surface area (Å²) in [5.74, 6) is 0.677. The number of Topliss-reactive ketones (excluding diaryl/α,β-unsaturated/α-hetero) is 1. The van der Waals surface area contributed by atoms with E-state index in [-0.39, 0.29) is 5.78 Å². The molecule has 0 heterocycles. The summed E-state index contributed by atoms with van der Waals surface area (Å²) >= 11 is 11.8. The molecule has 1 aromatic rings. The van der Waals surface area contributed by atoms with Gasteiger partial charge in [-0.25, -0.2) is 0 Å². The number of carbonyl (C=O) groups excluding carboxylic acids is 1. The summed E-state index contributed by atoms with van der Waals surface area (Å²) in [6.45, 7) is 4.28. The second-order valence-corrected chi connectivity index (χ2v) is 5.38. The second-order valence-electron chi connectivity index (χ2n) is 4.56. The van der Waals surface area contributed by atoms with Gasteiger partial charge in [-0.15, -0.1) is 0 Å². The molecule has 2 N–H and O–H groups in total. The van der Waals surface area contributed by atoms with Gasteiger partial charge in [-0.1, -0.05) is 43.5 Å². The molecule has 17 heavy (non-hydrogen) atoms. The molecule has 0 amide bonds. The van der Waals surface area contributed by atoms with Crippen molar-refractivity contribution in [3.63, 3.8) is 0 Å². The van der Waals surface area contributed by atoms with Crippen molar-refractivity contribution in [1.29, 1.82) is 0 Å². The van der Waals surface area contributed by atoms with Crippen molar-refractivity contribution in [3.8, 4) is 0 Å². The monoisotopic (exact) mass is 273 g/mol. The molecule has 0 saturated carbocycles. The standard InChI is InChI=1S/C13H17Cl2NO/c1-8(2)4-3-5-12(17)9-6-10(14)13(16)11(15)7-9/h6-8H,3-5,16H2,1-2H3. The first-order chi connectivity index (χ1) is 7.91. The summed E-state index contributed by atoms with van der Waals surface area (Å²) in [4.78, 5) is 11.9.